The molecule has 0 spiro atoms. The summed E-state index contributed by atoms with van der Waals surface area (Å²) in [7, 11) is 0. The van der Waals surface area contributed by atoms with Crippen LogP contribution in [0.15, 0.2) is 36.4 Å². The van der Waals surface area contributed by atoms with Crippen LogP contribution in [-0.2, 0) is 11.2 Å². The first-order valence-electron chi connectivity index (χ1n) is 7.74. The topological polar surface area (TPSA) is 83.8 Å². The van der Waals surface area contributed by atoms with E-state index in [9.17, 15) is 19.8 Å². The summed E-state index contributed by atoms with van der Waals surface area (Å²) in [6.45, 7) is 5.33. The van der Waals surface area contributed by atoms with Crippen molar-refractivity contribution in [2.45, 2.75) is 33.3 Å². The van der Waals surface area contributed by atoms with Gasteiger partial charge in [-0.1, -0.05) is 13.0 Å². The van der Waals surface area contributed by atoms with E-state index < -0.39 is 11.8 Å². The van der Waals surface area contributed by atoms with Gasteiger partial charge in [-0.2, -0.15) is 0 Å². The normalized spacial score (nSPS) is 10.7. The lowest BCUT2D eigenvalue weighted by Crippen LogP contribution is -2.13. The largest absolute Gasteiger partial charge is 0.507 e. The number of rotatable bonds is 5. The van der Waals surface area contributed by atoms with Crippen LogP contribution in [0.3, 0.4) is 0 Å². The molecule has 0 fully saturated rings. The maximum absolute atomic E-state index is 12.6. The number of hydrogen-bond donors (Lipinski definition) is 2. The average Bonchev–Trinajstić information content (AvgIpc) is 2.54. The van der Waals surface area contributed by atoms with Gasteiger partial charge in [-0.3, -0.25) is 4.79 Å². The van der Waals surface area contributed by atoms with Crippen LogP contribution in [0, 0.1) is 0 Å². The van der Waals surface area contributed by atoms with Crippen molar-refractivity contribution in [2.75, 3.05) is 0 Å². The molecule has 0 amide bonds. The fourth-order valence-electron chi connectivity index (χ4n) is 2.26. The number of ether oxygens (including phenoxy) is 1. The molecule has 0 aliphatic carbocycles. The molecule has 2 aromatic carbocycles. The Hall–Kier alpha value is -2.82. The predicted molar refractivity (Wildman–Crippen MR) is 89.6 cm³/mol. The van der Waals surface area contributed by atoms with Gasteiger partial charge in [0.05, 0.1) is 11.7 Å². The van der Waals surface area contributed by atoms with Crippen molar-refractivity contribution < 1.29 is 24.5 Å². The standard InChI is InChI=1S/C19H20O5/c1-4-12-5-7-16(20)14(9-12)18(22)13-6-8-17(21)15(10-13)19(23)24-11(2)3/h5-11,20-21H,4H2,1-3H3. The zero-order valence-electron chi connectivity index (χ0n) is 13.9. The molecule has 5 heteroatoms. The number of carbonyl (C=O) groups is 2. The minimum atomic E-state index is -0.705. The smallest absolute Gasteiger partial charge is 0.342 e. The summed E-state index contributed by atoms with van der Waals surface area (Å²) in [4.78, 5) is 24.7. The average molecular weight is 328 g/mol. The summed E-state index contributed by atoms with van der Waals surface area (Å²) >= 11 is 0. The van der Waals surface area contributed by atoms with Crippen LogP contribution in [0.2, 0.25) is 0 Å². The highest BCUT2D eigenvalue weighted by Crippen LogP contribution is 2.26. The fourth-order valence-corrected chi connectivity index (χ4v) is 2.26. The monoisotopic (exact) mass is 328 g/mol. The number of esters is 1. The number of ketones is 1. The Bertz CT molecular complexity index is 777. The molecule has 2 rings (SSSR count). The van der Waals surface area contributed by atoms with E-state index in [1.807, 2.05) is 6.92 Å². The molecule has 0 atom stereocenters. The molecule has 0 unspecified atom stereocenters. The van der Waals surface area contributed by atoms with Gasteiger partial charge in [-0.25, -0.2) is 4.79 Å². The molecule has 0 radical (unpaired) electrons. The first kappa shape index (κ1) is 17.5. The highest BCUT2D eigenvalue weighted by molar-refractivity contribution is 6.11. The molecule has 0 bridgehead atoms. The summed E-state index contributed by atoms with van der Waals surface area (Å²) in [5.74, 6) is -1.52. The quantitative estimate of drug-likeness (QED) is 0.649. The van der Waals surface area contributed by atoms with Gasteiger partial charge in [0.25, 0.3) is 0 Å². The van der Waals surface area contributed by atoms with Crippen molar-refractivity contribution in [3.8, 4) is 11.5 Å². The molecule has 2 aromatic rings. The van der Waals surface area contributed by atoms with Gasteiger partial charge >= 0.3 is 5.97 Å². The maximum atomic E-state index is 12.6. The lowest BCUT2D eigenvalue weighted by atomic mass is 9.98. The molecule has 126 valence electrons. The molecule has 2 N–H and O–H groups in total. The minimum absolute atomic E-state index is 0.0827. The second kappa shape index (κ2) is 7.17. The van der Waals surface area contributed by atoms with E-state index in [-0.39, 0.29) is 34.3 Å². The number of benzene rings is 2. The van der Waals surface area contributed by atoms with Gasteiger partial charge in [0.2, 0.25) is 0 Å². The molecule has 0 saturated heterocycles. The Morgan fingerprint density at radius 1 is 1.00 bits per heavy atom. The Morgan fingerprint density at radius 2 is 1.62 bits per heavy atom. The van der Waals surface area contributed by atoms with Crippen molar-refractivity contribution in [3.05, 3.63) is 58.7 Å². The van der Waals surface area contributed by atoms with Crippen LogP contribution in [0.1, 0.15) is 52.6 Å². The zero-order chi connectivity index (χ0) is 17.9. The van der Waals surface area contributed by atoms with Crippen LogP contribution >= 0.6 is 0 Å². The molecular weight excluding hydrogens is 308 g/mol. The van der Waals surface area contributed by atoms with Crippen LogP contribution < -0.4 is 0 Å². The first-order chi connectivity index (χ1) is 11.3. The van der Waals surface area contributed by atoms with Crippen molar-refractivity contribution in [1.29, 1.82) is 0 Å². The number of aromatic hydroxyl groups is 2. The summed E-state index contributed by atoms with van der Waals surface area (Å²) in [6.07, 6.45) is 0.379. The molecule has 0 aliphatic rings. The second-order valence-electron chi connectivity index (χ2n) is 5.72. The number of phenols is 2. The van der Waals surface area contributed by atoms with Crippen LogP contribution in [0.4, 0.5) is 0 Å². The van der Waals surface area contributed by atoms with Gasteiger partial charge in [0.1, 0.15) is 17.1 Å². The molecule has 24 heavy (non-hydrogen) atoms. The number of aryl methyl sites for hydroxylation is 1. The zero-order valence-corrected chi connectivity index (χ0v) is 13.9. The number of hydrogen-bond acceptors (Lipinski definition) is 5. The number of phenolic OH excluding ortho intramolecular Hbond substituents is 2. The molecule has 0 heterocycles. The Kier molecular flexibility index (Phi) is 5.24. The summed E-state index contributed by atoms with van der Waals surface area (Å²) < 4.78 is 5.06. The van der Waals surface area contributed by atoms with E-state index in [1.54, 1.807) is 26.0 Å². The molecular formula is C19H20O5. The highest BCUT2D eigenvalue weighted by atomic mass is 16.5. The summed E-state index contributed by atoms with van der Waals surface area (Å²) in [6, 6.07) is 8.79. The summed E-state index contributed by atoms with van der Waals surface area (Å²) in [5, 5.41) is 19.8. The maximum Gasteiger partial charge on any atom is 0.342 e. The van der Waals surface area contributed by atoms with E-state index in [2.05, 4.69) is 0 Å². The van der Waals surface area contributed by atoms with Gasteiger partial charge in [0, 0.05) is 5.56 Å². The van der Waals surface area contributed by atoms with Crippen molar-refractivity contribution in [2.24, 2.45) is 0 Å². The van der Waals surface area contributed by atoms with E-state index in [1.165, 1.54) is 24.3 Å². The van der Waals surface area contributed by atoms with Crippen molar-refractivity contribution >= 4 is 11.8 Å². The SMILES string of the molecule is CCc1ccc(O)c(C(=O)c2ccc(O)c(C(=O)OC(C)C)c2)c1. The van der Waals surface area contributed by atoms with Crippen molar-refractivity contribution in [1.82, 2.24) is 0 Å². The Labute approximate surface area is 140 Å². The third kappa shape index (κ3) is 3.74. The van der Waals surface area contributed by atoms with Crippen LogP contribution in [0.5, 0.6) is 11.5 Å². The Balaban J connectivity index is 2.42. The minimum Gasteiger partial charge on any atom is -0.507 e. The second-order valence-corrected chi connectivity index (χ2v) is 5.72. The van der Waals surface area contributed by atoms with Crippen LogP contribution in [0.25, 0.3) is 0 Å². The lowest BCUT2D eigenvalue weighted by molar-refractivity contribution is 0.0374. The van der Waals surface area contributed by atoms with E-state index in [0.29, 0.717) is 0 Å². The van der Waals surface area contributed by atoms with E-state index >= 15 is 0 Å². The molecule has 0 aromatic heterocycles. The Morgan fingerprint density at radius 3 is 2.25 bits per heavy atom. The van der Waals surface area contributed by atoms with E-state index in [4.69, 9.17) is 4.74 Å². The number of carbonyl (C=O) groups excluding carboxylic acids is 2. The third-order valence-electron chi connectivity index (χ3n) is 3.54. The van der Waals surface area contributed by atoms with Gasteiger partial charge in [-0.15, -0.1) is 0 Å². The molecule has 0 saturated carbocycles. The molecule has 0 aliphatic heterocycles. The van der Waals surface area contributed by atoms with Gasteiger partial charge in [-0.05, 0) is 56.2 Å². The highest BCUT2D eigenvalue weighted by Gasteiger charge is 2.19. The molecule has 5 nitrogen and oxygen atoms in total. The van der Waals surface area contributed by atoms with Gasteiger partial charge in [0.15, 0.2) is 5.78 Å². The third-order valence-corrected chi connectivity index (χ3v) is 3.54. The van der Waals surface area contributed by atoms with Crippen molar-refractivity contribution in [3.63, 3.8) is 0 Å². The first-order valence-corrected chi connectivity index (χ1v) is 7.74. The summed E-state index contributed by atoms with van der Waals surface area (Å²) in [5.41, 5.74) is 1.17. The van der Waals surface area contributed by atoms with Gasteiger partial charge < -0.3 is 14.9 Å². The van der Waals surface area contributed by atoms with Crippen LogP contribution in [-0.4, -0.2) is 28.1 Å². The lowest BCUT2D eigenvalue weighted by Gasteiger charge is -2.11. The predicted octanol–water partition coefficient (Wildman–Crippen LogP) is 3.46. The van der Waals surface area contributed by atoms with E-state index in [0.717, 1.165) is 12.0 Å². The fraction of sp³-hybridized carbons (Fsp3) is 0.263.